The summed E-state index contributed by atoms with van der Waals surface area (Å²) in [5.41, 5.74) is 8.57. The fourth-order valence-corrected chi connectivity index (χ4v) is 3.82. The number of fused-ring (bicyclic) bond motifs is 1. The molecule has 2 aromatic heterocycles. The third-order valence-electron chi connectivity index (χ3n) is 4.94. The van der Waals surface area contributed by atoms with Crippen LogP contribution in [0.5, 0.6) is 0 Å². The number of aryl methyl sites for hydroxylation is 1. The molecule has 1 aliphatic rings. The number of hydrogen-bond donors (Lipinski definition) is 2. The molecule has 0 aliphatic carbocycles. The van der Waals surface area contributed by atoms with Gasteiger partial charge in [-0.2, -0.15) is 4.98 Å². The van der Waals surface area contributed by atoms with E-state index in [1.165, 1.54) is 5.56 Å². The second-order valence-electron chi connectivity index (χ2n) is 6.73. The van der Waals surface area contributed by atoms with E-state index in [0.29, 0.717) is 29.6 Å². The number of nitrogen functional groups attached to an aromatic ring is 1. The van der Waals surface area contributed by atoms with E-state index >= 15 is 0 Å². The molecule has 7 heteroatoms. The average molecular weight is 370 g/mol. The van der Waals surface area contributed by atoms with Crippen LogP contribution in [0.25, 0.3) is 10.9 Å². The van der Waals surface area contributed by atoms with Gasteiger partial charge in [0.2, 0.25) is 5.95 Å². The highest BCUT2D eigenvalue weighted by Crippen LogP contribution is 2.32. The lowest BCUT2D eigenvalue weighted by molar-refractivity contribution is 0.148. The predicted molar refractivity (Wildman–Crippen MR) is 103 cm³/mol. The number of rotatable bonds is 3. The van der Waals surface area contributed by atoms with Crippen LogP contribution in [-0.4, -0.2) is 39.3 Å². The van der Waals surface area contributed by atoms with Crippen LogP contribution >= 0.6 is 11.6 Å². The van der Waals surface area contributed by atoms with Crippen LogP contribution in [0.2, 0.25) is 5.02 Å². The predicted octanol–water partition coefficient (Wildman–Crippen LogP) is 2.61. The van der Waals surface area contributed by atoms with E-state index in [1.54, 1.807) is 6.92 Å². The van der Waals surface area contributed by atoms with Crippen molar-refractivity contribution in [3.8, 4) is 0 Å². The highest BCUT2D eigenvalue weighted by Gasteiger charge is 2.33. The Kier molecular flexibility index (Phi) is 4.38. The zero-order chi connectivity index (χ0) is 18.3. The fourth-order valence-electron chi connectivity index (χ4n) is 3.62. The Balaban J connectivity index is 1.60. The molecular formula is C19H20ClN5O. The molecule has 1 aromatic carbocycles. The van der Waals surface area contributed by atoms with Crippen LogP contribution in [0, 0.1) is 12.8 Å². The van der Waals surface area contributed by atoms with Crippen molar-refractivity contribution >= 4 is 34.3 Å². The molecular weight excluding hydrogens is 350 g/mol. The van der Waals surface area contributed by atoms with Gasteiger partial charge >= 0.3 is 0 Å². The molecule has 3 N–H and O–H groups in total. The minimum atomic E-state index is -0.463. The Hall–Kier alpha value is -2.44. The van der Waals surface area contributed by atoms with Gasteiger partial charge in [-0.25, -0.2) is 4.98 Å². The molecule has 0 amide bonds. The second-order valence-corrected chi connectivity index (χ2v) is 7.11. The summed E-state index contributed by atoms with van der Waals surface area (Å²) in [6.07, 6.45) is 2.12. The van der Waals surface area contributed by atoms with E-state index in [2.05, 4.69) is 21.0 Å². The number of aliphatic hydroxyl groups is 1. The number of halogens is 1. The summed E-state index contributed by atoms with van der Waals surface area (Å²) in [4.78, 5) is 14.8. The van der Waals surface area contributed by atoms with Crippen molar-refractivity contribution < 1.29 is 5.11 Å². The Bertz CT molecular complexity index is 959. The number of aliphatic hydroxyl groups excluding tert-OH is 1. The highest BCUT2D eigenvalue weighted by molar-refractivity contribution is 6.33. The summed E-state index contributed by atoms with van der Waals surface area (Å²) in [5.74, 6) is 0.867. The molecule has 1 aliphatic heterocycles. The molecule has 3 aromatic rings. The number of anilines is 2. The number of benzene rings is 1. The second kappa shape index (κ2) is 6.70. The van der Waals surface area contributed by atoms with E-state index in [4.69, 9.17) is 17.3 Å². The maximum atomic E-state index is 10.6. The molecule has 1 saturated heterocycles. The SMILES string of the molecule is Cc1nc(N)nc(N2C[C@@H](Cc3ccnc4ccccc34)[C@@H](O)C2)c1Cl. The molecule has 0 radical (unpaired) electrons. The van der Waals surface area contributed by atoms with E-state index < -0.39 is 6.10 Å². The number of hydrogen-bond acceptors (Lipinski definition) is 6. The third-order valence-corrected chi connectivity index (χ3v) is 5.39. The molecule has 134 valence electrons. The summed E-state index contributed by atoms with van der Waals surface area (Å²) in [5, 5.41) is 12.2. The minimum absolute atomic E-state index is 0.0772. The first-order valence-electron chi connectivity index (χ1n) is 8.58. The molecule has 4 rings (SSSR count). The Morgan fingerprint density at radius 3 is 2.88 bits per heavy atom. The van der Waals surface area contributed by atoms with Crippen LogP contribution in [0.3, 0.4) is 0 Å². The van der Waals surface area contributed by atoms with Crippen molar-refractivity contribution in [3.05, 3.63) is 52.8 Å². The van der Waals surface area contributed by atoms with E-state index in [9.17, 15) is 5.11 Å². The van der Waals surface area contributed by atoms with Gasteiger partial charge in [0, 0.05) is 30.6 Å². The normalized spacial score (nSPS) is 20.0. The summed E-state index contributed by atoms with van der Waals surface area (Å²) in [6, 6.07) is 10.1. The third kappa shape index (κ3) is 3.06. The van der Waals surface area contributed by atoms with Crippen LogP contribution in [0.1, 0.15) is 11.3 Å². The quantitative estimate of drug-likeness (QED) is 0.737. The molecule has 2 atom stereocenters. The van der Waals surface area contributed by atoms with E-state index in [1.807, 2.05) is 35.4 Å². The van der Waals surface area contributed by atoms with Crippen molar-refractivity contribution in [2.45, 2.75) is 19.4 Å². The van der Waals surface area contributed by atoms with E-state index in [0.717, 1.165) is 17.3 Å². The van der Waals surface area contributed by atoms with Crippen molar-refractivity contribution in [3.63, 3.8) is 0 Å². The van der Waals surface area contributed by atoms with Gasteiger partial charge < -0.3 is 15.7 Å². The van der Waals surface area contributed by atoms with Gasteiger partial charge in [-0.15, -0.1) is 0 Å². The largest absolute Gasteiger partial charge is 0.391 e. The van der Waals surface area contributed by atoms with Crippen LogP contribution in [0.15, 0.2) is 36.5 Å². The zero-order valence-corrected chi connectivity index (χ0v) is 15.2. The molecule has 1 fully saturated rings. The standard InChI is InChI=1S/C19H20ClN5O/c1-11-17(20)18(24-19(21)23-11)25-9-13(16(26)10-25)8-12-6-7-22-15-5-3-2-4-14(12)15/h2-7,13,16,26H,8-10H2,1H3,(H2,21,23,24)/t13-,16+/m1/s1. The van der Waals surface area contributed by atoms with Crippen LogP contribution in [-0.2, 0) is 6.42 Å². The number of nitrogens with two attached hydrogens (primary N) is 1. The molecule has 0 bridgehead atoms. The highest BCUT2D eigenvalue weighted by atomic mass is 35.5. The molecule has 0 unspecified atom stereocenters. The van der Waals surface area contributed by atoms with E-state index in [-0.39, 0.29) is 11.9 Å². The molecule has 6 nitrogen and oxygen atoms in total. The number of β-amino-alcohol motifs (C(OH)–C–C–N with tert-alkyl or cyclic N) is 1. The minimum Gasteiger partial charge on any atom is -0.391 e. The first-order valence-corrected chi connectivity index (χ1v) is 8.96. The van der Waals surface area contributed by atoms with Crippen molar-refractivity contribution in [1.29, 1.82) is 0 Å². The van der Waals surface area contributed by atoms with Crippen LogP contribution < -0.4 is 10.6 Å². The average Bonchev–Trinajstić information content (AvgIpc) is 2.99. The number of aromatic nitrogens is 3. The summed E-state index contributed by atoms with van der Waals surface area (Å²) < 4.78 is 0. The van der Waals surface area contributed by atoms with Gasteiger partial charge in [0.15, 0.2) is 5.82 Å². The number of nitrogens with zero attached hydrogens (tertiary/aromatic N) is 4. The van der Waals surface area contributed by atoms with Gasteiger partial charge in [0.05, 0.1) is 17.3 Å². The summed E-state index contributed by atoms with van der Waals surface area (Å²) >= 11 is 6.37. The Morgan fingerprint density at radius 1 is 1.23 bits per heavy atom. The topological polar surface area (TPSA) is 88.2 Å². The smallest absolute Gasteiger partial charge is 0.222 e. The van der Waals surface area contributed by atoms with Gasteiger partial charge in [0.25, 0.3) is 0 Å². The molecule has 3 heterocycles. The summed E-state index contributed by atoms with van der Waals surface area (Å²) in [6.45, 7) is 2.94. The van der Waals surface area contributed by atoms with Crippen molar-refractivity contribution in [2.24, 2.45) is 5.92 Å². The lowest BCUT2D eigenvalue weighted by Gasteiger charge is -2.19. The summed E-state index contributed by atoms with van der Waals surface area (Å²) in [7, 11) is 0. The number of para-hydroxylation sites is 1. The number of pyridine rings is 1. The maximum Gasteiger partial charge on any atom is 0.222 e. The van der Waals surface area contributed by atoms with Crippen molar-refractivity contribution in [1.82, 2.24) is 15.0 Å². The van der Waals surface area contributed by atoms with Gasteiger partial charge in [-0.1, -0.05) is 29.8 Å². The Morgan fingerprint density at radius 2 is 2.04 bits per heavy atom. The lowest BCUT2D eigenvalue weighted by atomic mass is 9.94. The first kappa shape index (κ1) is 17.0. The van der Waals surface area contributed by atoms with Gasteiger partial charge in [0.1, 0.15) is 5.02 Å². The maximum absolute atomic E-state index is 10.6. The van der Waals surface area contributed by atoms with Crippen LogP contribution in [0.4, 0.5) is 11.8 Å². The first-order chi connectivity index (χ1) is 12.5. The molecule has 0 spiro atoms. The fraction of sp³-hybridized carbons (Fsp3) is 0.316. The zero-order valence-electron chi connectivity index (χ0n) is 14.4. The van der Waals surface area contributed by atoms with Gasteiger partial charge in [-0.3, -0.25) is 4.98 Å². The van der Waals surface area contributed by atoms with Gasteiger partial charge in [-0.05, 0) is 31.0 Å². The Labute approximate surface area is 156 Å². The molecule has 0 saturated carbocycles. The van der Waals surface area contributed by atoms with Crippen molar-refractivity contribution in [2.75, 3.05) is 23.7 Å². The monoisotopic (exact) mass is 369 g/mol. The lowest BCUT2D eigenvalue weighted by Crippen LogP contribution is -2.23. The molecule has 26 heavy (non-hydrogen) atoms.